The second-order valence-corrected chi connectivity index (χ2v) is 12.5. The molecule has 1 atom stereocenters. The average molecular weight is 545 g/mol. The molecule has 38 heavy (non-hydrogen) atoms. The van der Waals surface area contributed by atoms with Crippen LogP contribution in [0.25, 0.3) is 0 Å². The van der Waals surface area contributed by atoms with Crippen LogP contribution in [0.3, 0.4) is 0 Å². The van der Waals surface area contributed by atoms with Crippen molar-refractivity contribution in [3.8, 4) is 0 Å². The Kier molecular flexibility index (Phi) is 10.4. The van der Waals surface area contributed by atoms with Crippen molar-refractivity contribution in [3.63, 3.8) is 0 Å². The van der Waals surface area contributed by atoms with Crippen LogP contribution in [0.4, 0.5) is 11.4 Å². The number of ketones is 1. The molecule has 0 saturated heterocycles. The first-order valence-corrected chi connectivity index (χ1v) is 15.2. The van der Waals surface area contributed by atoms with Crippen LogP contribution < -0.4 is 20.9 Å². The van der Waals surface area contributed by atoms with Gasteiger partial charge in [0, 0.05) is 19.5 Å². The summed E-state index contributed by atoms with van der Waals surface area (Å²) in [7, 11) is 0. The lowest BCUT2D eigenvalue weighted by atomic mass is 9.85. The minimum Gasteiger partial charge on any atom is -0.346 e. The molecule has 3 N–H and O–H groups in total. The van der Waals surface area contributed by atoms with Gasteiger partial charge in [-0.2, -0.15) is 11.8 Å². The number of amides is 3. The highest BCUT2D eigenvalue weighted by molar-refractivity contribution is 7.98. The van der Waals surface area contributed by atoms with Crippen molar-refractivity contribution in [2.75, 3.05) is 34.9 Å². The largest absolute Gasteiger partial charge is 0.346 e. The van der Waals surface area contributed by atoms with E-state index in [4.69, 9.17) is 5.73 Å². The summed E-state index contributed by atoms with van der Waals surface area (Å²) < 4.78 is 0. The summed E-state index contributed by atoms with van der Waals surface area (Å²) in [6, 6.07) is 6.18. The molecule has 1 aliphatic heterocycles. The second kappa shape index (κ2) is 13.1. The molecule has 1 aromatic rings. The number of nitrogens with zero attached hydrogens (tertiary/aromatic N) is 2. The van der Waals surface area contributed by atoms with E-state index in [2.05, 4.69) is 5.32 Å². The summed E-state index contributed by atoms with van der Waals surface area (Å²) in [4.78, 5) is 58.6. The van der Waals surface area contributed by atoms with Crippen LogP contribution in [0, 0.1) is 17.8 Å². The standard InChI is InChI=1S/C29H44N4O4S/c1-19(2)17-32-23-12-8-9-13-24(23)33(18-20(3)4)28(37)29(30,27(32)36)26(35)22(14-15-38-5)31-25(34)16-21-10-6-7-11-21/h8-9,12-13,19-22H,6-7,10-11,14-18,30H2,1-5H3,(H,31,34)/t22-/m0/s1. The molecule has 8 nitrogen and oxygen atoms in total. The van der Waals surface area contributed by atoms with Crippen LogP contribution >= 0.6 is 11.8 Å². The minimum absolute atomic E-state index is 0.0662. The number of hydrogen-bond donors (Lipinski definition) is 2. The summed E-state index contributed by atoms with van der Waals surface area (Å²) in [6.45, 7) is 8.49. The van der Waals surface area contributed by atoms with Gasteiger partial charge < -0.3 is 20.9 Å². The van der Waals surface area contributed by atoms with Gasteiger partial charge in [-0.05, 0) is 61.2 Å². The predicted octanol–water partition coefficient (Wildman–Crippen LogP) is 3.76. The molecule has 1 saturated carbocycles. The van der Waals surface area contributed by atoms with Crippen molar-refractivity contribution in [1.29, 1.82) is 0 Å². The summed E-state index contributed by atoms with van der Waals surface area (Å²) >= 11 is 1.53. The third-order valence-electron chi connectivity index (χ3n) is 7.32. The maximum Gasteiger partial charge on any atom is 0.264 e. The van der Waals surface area contributed by atoms with E-state index in [0.717, 1.165) is 25.7 Å². The van der Waals surface area contributed by atoms with Crippen molar-refractivity contribution in [2.45, 2.75) is 77.8 Å². The Labute approximate surface area is 231 Å². The molecule has 1 fully saturated rings. The lowest BCUT2D eigenvalue weighted by Gasteiger charge is -2.34. The Bertz CT molecular complexity index is 973. The third-order valence-corrected chi connectivity index (χ3v) is 7.97. The highest BCUT2D eigenvalue weighted by Crippen LogP contribution is 2.37. The van der Waals surface area contributed by atoms with Gasteiger partial charge in [-0.1, -0.05) is 52.7 Å². The zero-order valence-corrected chi connectivity index (χ0v) is 24.3. The maximum atomic E-state index is 14.2. The number of anilines is 2. The quantitative estimate of drug-likeness (QED) is 0.388. The number of fused-ring (bicyclic) bond motifs is 1. The van der Waals surface area contributed by atoms with Crippen LogP contribution in [0.2, 0.25) is 0 Å². The van der Waals surface area contributed by atoms with Gasteiger partial charge in [0.25, 0.3) is 11.8 Å². The zero-order valence-electron chi connectivity index (χ0n) is 23.5. The Morgan fingerprint density at radius 2 is 1.50 bits per heavy atom. The van der Waals surface area contributed by atoms with Crippen LogP contribution in [0.5, 0.6) is 0 Å². The Morgan fingerprint density at radius 3 is 1.95 bits per heavy atom. The van der Waals surface area contributed by atoms with E-state index in [1.165, 1.54) is 21.6 Å². The number of rotatable bonds is 12. The summed E-state index contributed by atoms with van der Waals surface area (Å²) in [6.07, 6.45) is 6.76. The second-order valence-electron chi connectivity index (χ2n) is 11.5. The fraction of sp³-hybridized carbons (Fsp3) is 0.655. The van der Waals surface area contributed by atoms with E-state index < -0.39 is 29.2 Å². The number of para-hydroxylation sites is 2. The molecule has 0 aromatic heterocycles. The first kappa shape index (κ1) is 30.2. The first-order valence-electron chi connectivity index (χ1n) is 13.8. The molecule has 1 heterocycles. The number of carbonyl (C=O) groups is 4. The molecule has 2 aliphatic rings. The molecular formula is C29H44N4O4S. The summed E-state index contributed by atoms with van der Waals surface area (Å²) in [5, 5.41) is 2.87. The van der Waals surface area contributed by atoms with Gasteiger partial charge in [0.05, 0.1) is 17.4 Å². The lowest BCUT2D eigenvalue weighted by Crippen LogP contribution is -2.71. The van der Waals surface area contributed by atoms with Crippen molar-refractivity contribution in [3.05, 3.63) is 24.3 Å². The molecule has 3 rings (SSSR count). The number of hydrogen-bond acceptors (Lipinski definition) is 6. The van der Waals surface area contributed by atoms with E-state index in [1.807, 2.05) is 46.1 Å². The number of thioether (sulfide) groups is 1. The van der Waals surface area contributed by atoms with E-state index in [9.17, 15) is 19.2 Å². The zero-order chi connectivity index (χ0) is 28.0. The monoisotopic (exact) mass is 544 g/mol. The van der Waals surface area contributed by atoms with Gasteiger partial charge >= 0.3 is 0 Å². The predicted molar refractivity (Wildman–Crippen MR) is 154 cm³/mol. The molecule has 1 aromatic carbocycles. The van der Waals surface area contributed by atoms with Gasteiger partial charge in [-0.15, -0.1) is 0 Å². The number of nitrogens with one attached hydrogen (secondary N) is 1. The number of nitrogens with two attached hydrogens (primary N) is 1. The average Bonchev–Trinajstić information content (AvgIpc) is 3.37. The molecule has 1 aliphatic carbocycles. The Balaban J connectivity index is 2.05. The smallest absolute Gasteiger partial charge is 0.264 e. The van der Waals surface area contributed by atoms with Crippen LogP contribution in [-0.4, -0.2) is 60.2 Å². The Morgan fingerprint density at radius 1 is 1.00 bits per heavy atom. The van der Waals surface area contributed by atoms with Gasteiger partial charge in [0.2, 0.25) is 11.4 Å². The highest BCUT2D eigenvalue weighted by atomic mass is 32.2. The normalized spacial score (nSPS) is 18.6. The van der Waals surface area contributed by atoms with Crippen molar-refractivity contribution in [1.82, 2.24) is 5.32 Å². The van der Waals surface area contributed by atoms with E-state index in [1.54, 1.807) is 12.1 Å². The molecule has 0 spiro atoms. The number of Topliss-reactive ketones (excluding diaryl/α,β-unsaturated/α-hetero) is 1. The van der Waals surface area contributed by atoms with Gasteiger partial charge in [-0.3, -0.25) is 19.2 Å². The topological polar surface area (TPSA) is 113 Å². The summed E-state index contributed by atoms with van der Waals surface area (Å²) in [5.74, 6) is -1.43. The minimum atomic E-state index is -2.45. The van der Waals surface area contributed by atoms with Crippen molar-refractivity contribution >= 4 is 46.6 Å². The Hall–Kier alpha value is -2.39. The fourth-order valence-corrected chi connectivity index (χ4v) is 5.94. The molecule has 0 bridgehead atoms. The molecule has 210 valence electrons. The van der Waals surface area contributed by atoms with Crippen molar-refractivity contribution < 1.29 is 19.2 Å². The highest BCUT2D eigenvalue weighted by Gasteiger charge is 2.57. The molecule has 9 heteroatoms. The SMILES string of the molecule is CSCC[C@H](NC(=O)CC1CCCC1)C(=O)C1(N)C(=O)N(CC(C)C)c2ccccc2N(CC(C)C)C1=O. The molecule has 0 radical (unpaired) electrons. The van der Waals surface area contributed by atoms with Gasteiger partial charge in [0.15, 0.2) is 5.78 Å². The van der Waals surface area contributed by atoms with E-state index in [0.29, 0.717) is 42.6 Å². The molecular weight excluding hydrogens is 500 g/mol. The number of carbonyl (C=O) groups excluding carboxylic acids is 4. The number of benzene rings is 1. The van der Waals surface area contributed by atoms with Gasteiger partial charge in [0.1, 0.15) is 0 Å². The maximum absolute atomic E-state index is 14.2. The van der Waals surface area contributed by atoms with E-state index >= 15 is 0 Å². The van der Waals surface area contributed by atoms with Crippen LogP contribution in [0.15, 0.2) is 24.3 Å². The first-order chi connectivity index (χ1) is 18.0. The van der Waals surface area contributed by atoms with Crippen molar-refractivity contribution in [2.24, 2.45) is 23.5 Å². The lowest BCUT2D eigenvalue weighted by molar-refractivity contribution is -0.144. The van der Waals surface area contributed by atoms with Gasteiger partial charge in [-0.25, -0.2) is 0 Å². The molecule has 3 amide bonds. The molecule has 0 unspecified atom stereocenters. The fourth-order valence-electron chi connectivity index (χ4n) is 5.47. The van der Waals surface area contributed by atoms with E-state index in [-0.39, 0.29) is 24.2 Å². The third kappa shape index (κ3) is 6.60. The summed E-state index contributed by atoms with van der Waals surface area (Å²) in [5.41, 5.74) is 5.39. The van der Waals surface area contributed by atoms with Crippen LogP contribution in [-0.2, 0) is 19.2 Å². The van der Waals surface area contributed by atoms with Crippen LogP contribution in [0.1, 0.15) is 66.2 Å².